The highest BCUT2D eigenvalue weighted by Gasteiger charge is 2.17. The Kier molecular flexibility index (Phi) is 3.67. The molecule has 3 heterocycles. The first-order valence-corrected chi connectivity index (χ1v) is 7.68. The summed E-state index contributed by atoms with van der Waals surface area (Å²) in [4.78, 5) is 20.3. The molecule has 118 valence electrons. The van der Waals surface area contributed by atoms with E-state index in [1.807, 2.05) is 42.6 Å². The maximum absolute atomic E-state index is 12.2. The van der Waals surface area contributed by atoms with E-state index in [0.717, 1.165) is 33.7 Å². The smallest absolute Gasteiger partial charge is 0.228 e. The van der Waals surface area contributed by atoms with Crippen LogP contribution < -0.4 is 10.1 Å². The number of rotatable bonds is 3. The number of nitrogens with zero attached hydrogens (tertiary/aromatic N) is 2. The largest absolute Gasteiger partial charge is 0.488 e. The summed E-state index contributed by atoms with van der Waals surface area (Å²) < 4.78 is 5.79. The van der Waals surface area contributed by atoms with Crippen LogP contribution in [0.4, 0.5) is 5.69 Å². The maximum Gasteiger partial charge on any atom is 0.228 e. The molecule has 0 fully saturated rings. The molecule has 0 atom stereocenters. The van der Waals surface area contributed by atoms with E-state index in [9.17, 15) is 4.79 Å². The summed E-state index contributed by atoms with van der Waals surface area (Å²) in [5.74, 6) is 0.691. The van der Waals surface area contributed by atoms with Crippen molar-refractivity contribution in [2.24, 2.45) is 0 Å². The topological polar surface area (TPSA) is 64.1 Å². The summed E-state index contributed by atoms with van der Waals surface area (Å²) in [5, 5.41) is 2.91. The fraction of sp³-hybridized carbons (Fsp3) is 0.105. The van der Waals surface area contributed by atoms with Crippen molar-refractivity contribution >= 4 is 11.6 Å². The van der Waals surface area contributed by atoms with E-state index in [1.165, 1.54) is 0 Å². The lowest BCUT2D eigenvalue weighted by Crippen LogP contribution is -2.15. The van der Waals surface area contributed by atoms with Crippen molar-refractivity contribution in [2.45, 2.75) is 13.0 Å². The van der Waals surface area contributed by atoms with Gasteiger partial charge in [-0.25, -0.2) is 0 Å². The normalized spacial score (nSPS) is 11.8. The Labute approximate surface area is 139 Å². The Bertz CT molecular complexity index is 894. The Balaban J connectivity index is 1.53. The quantitative estimate of drug-likeness (QED) is 0.805. The van der Waals surface area contributed by atoms with Crippen LogP contribution in [0.5, 0.6) is 5.75 Å². The minimum absolute atomic E-state index is 0.0802. The number of ether oxygens (including phenoxy) is 1. The van der Waals surface area contributed by atoms with E-state index in [-0.39, 0.29) is 5.91 Å². The fourth-order valence-corrected chi connectivity index (χ4v) is 2.80. The number of aromatic nitrogens is 2. The first kappa shape index (κ1) is 14.4. The molecule has 1 aliphatic rings. The summed E-state index contributed by atoms with van der Waals surface area (Å²) >= 11 is 0. The van der Waals surface area contributed by atoms with Gasteiger partial charge in [-0.15, -0.1) is 0 Å². The summed E-state index contributed by atoms with van der Waals surface area (Å²) in [6, 6.07) is 11.4. The highest BCUT2D eigenvalue weighted by molar-refractivity contribution is 5.93. The summed E-state index contributed by atoms with van der Waals surface area (Å²) in [5.41, 5.74) is 4.81. The molecule has 0 saturated heterocycles. The summed E-state index contributed by atoms with van der Waals surface area (Å²) in [6.07, 6.45) is 7.27. The number of carbonyl (C=O) groups is 1. The first-order chi connectivity index (χ1) is 11.8. The zero-order valence-electron chi connectivity index (χ0n) is 12.9. The predicted molar refractivity (Wildman–Crippen MR) is 90.6 cm³/mol. The Hall–Kier alpha value is -3.21. The second kappa shape index (κ2) is 6.12. The van der Waals surface area contributed by atoms with Crippen molar-refractivity contribution in [3.05, 3.63) is 72.3 Å². The van der Waals surface area contributed by atoms with Crippen LogP contribution in [0.3, 0.4) is 0 Å². The minimum Gasteiger partial charge on any atom is -0.488 e. The molecular weight excluding hydrogens is 302 g/mol. The number of nitrogens with one attached hydrogen (secondary N) is 1. The Morgan fingerprint density at radius 2 is 2.00 bits per heavy atom. The molecule has 3 aromatic rings. The minimum atomic E-state index is -0.0802. The lowest BCUT2D eigenvalue weighted by Gasteiger charge is -2.21. The molecule has 1 aliphatic heterocycles. The molecule has 5 heteroatoms. The highest BCUT2D eigenvalue weighted by atomic mass is 16.5. The van der Waals surface area contributed by atoms with Crippen LogP contribution in [0.1, 0.15) is 11.1 Å². The molecule has 1 aromatic carbocycles. The third kappa shape index (κ3) is 2.84. The number of anilines is 1. The lowest BCUT2D eigenvalue weighted by molar-refractivity contribution is -0.115. The molecule has 1 N–H and O–H groups in total. The number of benzene rings is 1. The van der Waals surface area contributed by atoms with E-state index in [0.29, 0.717) is 13.0 Å². The van der Waals surface area contributed by atoms with Crippen LogP contribution in [0.2, 0.25) is 0 Å². The number of pyridine rings is 2. The molecule has 5 nitrogen and oxygen atoms in total. The molecule has 24 heavy (non-hydrogen) atoms. The van der Waals surface area contributed by atoms with Gasteiger partial charge in [-0.2, -0.15) is 0 Å². The first-order valence-electron chi connectivity index (χ1n) is 7.68. The number of hydrogen-bond donors (Lipinski definition) is 1. The number of fused-ring (bicyclic) bond motifs is 3. The zero-order chi connectivity index (χ0) is 16.4. The van der Waals surface area contributed by atoms with Crippen molar-refractivity contribution in [1.29, 1.82) is 0 Å². The third-order valence-corrected chi connectivity index (χ3v) is 3.93. The predicted octanol–water partition coefficient (Wildman–Crippen LogP) is 3.22. The maximum atomic E-state index is 12.2. The fourth-order valence-electron chi connectivity index (χ4n) is 2.80. The number of hydrogen-bond acceptors (Lipinski definition) is 4. The van der Waals surface area contributed by atoms with Crippen LogP contribution >= 0.6 is 0 Å². The van der Waals surface area contributed by atoms with Gasteiger partial charge in [0, 0.05) is 47.7 Å². The van der Waals surface area contributed by atoms with Gasteiger partial charge in [-0.05, 0) is 35.4 Å². The van der Waals surface area contributed by atoms with E-state index >= 15 is 0 Å². The van der Waals surface area contributed by atoms with E-state index in [1.54, 1.807) is 18.6 Å². The van der Waals surface area contributed by atoms with Crippen LogP contribution in [-0.4, -0.2) is 15.9 Å². The highest BCUT2D eigenvalue weighted by Crippen LogP contribution is 2.38. The zero-order valence-corrected chi connectivity index (χ0v) is 12.9. The van der Waals surface area contributed by atoms with E-state index in [4.69, 9.17) is 4.74 Å². The molecule has 0 saturated carbocycles. The van der Waals surface area contributed by atoms with E-state index in [2.05, 4.69) is 15.3 Å². The monoisotopic (exact) mass is 317 g/mol. The van der Waals surface area contributed by atoms with Crippen molar-refractivity contribution in [3.63, 3.8) is 0 Å². The van der Waals surface area contributed by atoms with Gasteiger partial charge in [-0.1, -0.05) is 6.07 Å². The van der Waals surface area contributed by atoms with Gasteiger partial charge in [0.15, 0.2) is 0 Å². The van der Waals surface area contributed by atoms with Crippen LogP contribution in [-0.2, 0) is 17.8 Å². The molecule has 4 rings (SSSR count). The molecule has 2 aromatic heterocycles. The van der Waals surface area contributed by atoms with Gasteiger partial charge in [0.1, 0.15) is 12.4 Å². The molecular formula is C19H15N3O2. The Morgan fingerprint density at radius 3 is 2.88 bits per heavy atom. The molecule has 1 amide bonds. The standard InChI is InChI=1S/C19H15N3O2/c23-19(8-13-2-1-6-20-10-13)22-15-3-4-17-16-5-7-21-11-14(16)12-24-18(17)9-15/h1-7,9-11H,8,12H2,(H,22,23). The second-order valence-corrected chi connectivity index (χ2v) is 5.62. The van der Waals surface area contributed by atoms with E-state index < -0.39 is 0 Å². The van der Waals surface area contributed by atoms with Crippen molar-refractivity contribution in [2.75, 3.05) is 5.32 Å². The van der Waals surface area contributed by atoms with Gasteiger partial charge < -0.3 is 10.1 Å². The molecule has 0 spiro atoms. The molecule has 0 aliphatic carbocycles. The SMILES string of the molecule is O=C(Cc1cccnc1)Nc1ccc2c(c1)OCc1cnccc1-2. The molecule has 0 unspecified atom stereocenters. The van der Waals surface area contributed by atoms with Gasteiger partial charge in [0.2, 0.25) is 5.91 Å². The molecule has 0 bridgehead atoms. The Morgan fingerprint density at radius 1 is 1.08 bits per heavy atom. The lowest BCUT2D eigenvalue weighted by atomic mass is 9.98. The van der Waals surface area contributed by atoms with Crippen LogP contribution in [0.25, 0.3) is 11.1 Å². The third-order valence-electron chi connectivity index (χ3n) is 3.93. The van der Waals surface area contributed by atoms with Crippen LogP contribution in [0, 0.1) is 0 Å². The van der Waals surface area contributed by atoms with Crippen molar-refractivity contribution in [3.8, 4) is 16.9 Å². The number of carbonyl (C=O) groups excluding carboxylic acids is 1. The van der Waals surface area contributed by atoms with Crippen molar-refractivity contribution < 1.29 is 9.53 Å². The van der Waals surface area contributed by atoms with Gasteiger partial charge in [0.05, 0.1) is 6.42 Å². The van der Waals surface area contributed by atoms with Gasteiger partial charge in [-0.3, -0.25) is 14.8 Å². The summed E-state index contributed by atoms with van der Waals surface area (Å²) in [7, 11) is 0. The van der Waals surface area contributed by atoms with Gasteiger partial charge in [0.25, 0.3) is 0 Å². The summed E-state index contributed by atoms with van der Waals surface area (Å²) in [6.45, 7) is 0.489. The van der Waals surface area contributed by atoms with Gasteiger partial charge >= 0.3 is 0 Å². The average molecular weight is 317 g/mol. The molecule has 0 radical (unpaired) electrons. The van der Waals surface area contributed by atoms with Crippen molar-refractivity contribution in [1.82, 2.24) is 9.97 Å². The second-order valence-electron chi connectivity index (χ2n) is 5.62. The average Bonchev–Trinajstić information content (AvgIpc) is 2.62. The number of amides is 1. The van der Waals surface area contributed by atoms with Crippen LogP contribution in [0.15, 0.2) is 61.2 Å².